The predicted octanol–water partition coefficient (Wildman–Crippen LogP) is 3.75. The molecule has 0 bridgehead atoms. The molecular weight excluding hydrogens is 274 g/mol. The van der Waals surface area contributed by atoms with Crippen LogP contribution < -0.4 is 0 Å². The summed E-state index contributed by atoms with van der Waals surface area (Å²) in [5.74, 6) is -1.67. The molecule has 0 aliphatic heterocycles. The van der Waals surface area contributed by atoms with Crippen LogP contribution in [0.4, 0.5) is 8.78 Å². The molecule has 1 aliphatic carbocycles. The van der Waals surface area contributed by atoms with Crippen LogP contribution in [0.15, 0.2) is 12.1 Å². The van der Waals surface area contributed by atoms with Crippen LogP contribution in [0.5, 0.6) is 0 Å². The van der Waals surface area contributed by atoms with Gasteiger partial charge in [0.05, 0.1) is 6.10 Å². The summed E-state index contributed by atoms with van der Waals surface area (Å²) < 4.78 is 26.5. The van der Waals surface area contributed by atoms with E-state index >= 15 is 0 Å². The Hall–Kier alpha value is -1.00. The summed E-state index contributed by atoms with van der Waals surface area (Å²) >= 11 is 0. The lowest BCUT2D eigenvalue weighted by Gasteiger charge is -2.21. The molecule has 118 valence electrons. The molecule has 0 unspecified atom stereocenters. The largest absolute Gasteiger partial charge is 0.396 e. The number of benzene rings is 1. The lowest BCUT2D eigenvalue weighted by atomic mass is 9.88. The maximum atomic E-state index is 13.3. The van der Waals surface area contributed by atoms with Gasteiger partial charge in [-0.25, -0.2) is 8.78 Å². The first-order valence-electron chi connectivity index (χ1n) is 7.83. The van der Waals surface area contributed by atoms with Gasteiger partial charge in [-0.05, 0) is 54.4 Å². The zero-order valence-corrected chi connectivity index (χ0v) is 12.5. The molecule has 21 heavy (non-hydrogen) atoms. The minimum Gasteiger partial charge on any atom is -0.396 e. The van der Waals surface area contributed by atoms with E-state index in [2.05, 4.69) is 6.92 Å². The van der Waals surface area contributed by atoms with Gasteiger partial charge in [0.25, 0.3) is 0 Å². The minimum atomic E-state index is -0.907. The molecule has 0 saturated heterocycles. The van der Waals surface area contributed by atoms with E-state index in [4.69, 9.17) is 0 Å². The van der Waals surface area contributed by atoms with Crippen LogP contribution >= 0.6 is 0 Å². The smallest absolute Gasteiger partial charge is 0.159 e. The molecule has 1 aliphatic rings. The number of aliphatic hydroxyl groups excluding tert-OH is 2. The second kappa shape index (κ2) is 7.32. The van der Waals surface area contributed by atoms with Crippen LogP contribution in [0.2, 0.25) is 0 Å². The third-order valence-corrected chi connectivity index (χ3v) is 4.54. The molecule has 0 radical (unpaired) electrons. The van der Waals surface area contributed by atoms with E-state index in [1.165, 1.54) is 6.07 Å². The van der Waals surface area contributed by atoms with Crippen molar-refractivity contribution in [3.8, 4) is 0 Å². The Bertz CT molecular complexity index is 476. The molecular formula is C17H24F2O2. The van der Waals surface area contributed by atoms with E-state index in [9.17, 15) is 19.0 Å². The van der Waals surface area contributed by atoms with Gasteiger partial charge in [0.15, 0.2) is 11.6 Å². The van der Waals surface area contributed by atoms with Crippen molar-refractivity contribution in [3.05, 3.63) is 34.9 Å². The van der Waals surface area contributed by atoms with Crippen molar-refractivity contribution in [2.24, 2.45) is 11.8 Å². The number of aliphatic hydroxyl groups is 2. The van der Waals surface area contributed by atoms with Gasteiger partial charge in [-0.1, -0.05) is 26.2 Å². The van der Waals surface area contributed by atoms with Crippen molar-refractivity contribution in [1.29, 1.82) is 0 Å². The van der Waals surface area contributed by atoms with E-state index in [-0.39, 0.29) is 18.4 Å². The molecule has 4 heteroatoms. The minimum absolute atomic E-state index is 0.0556. The summed E-state index contributed by atoms with van der Waals surface area (Å²) in [5, 5.41) is 19.8. The molecule has 0 heterocycles. The molecule has 2 nitrogen and oxygen atoms in total. The van der Waals surface area contributed by atoms with Crippen LogP contribution in [-0.4, -0.2) is 16.8 Å². The lowest BCUT2D eigenvalue weighted by molar-refractivity contribution is 0.0921. The highest BCUT2D eigenvalue weighted by Gasteiger charge is 2.33. The summed E-state index contributed by atoms with van der Waals surface area (Å²) in [5.41, 5.74) is 1.20. The van der Waals surface area contributed by atoms with Crippen molar-refractivity contribution in [2.45, 2.75) is 51.6 Å². The Labute approximate surface area is 124 Å². The Kier molecular flexibility index (Phi) is 5.71. The third kappa shape index (κ3) is 3.80. The van der Waals surface area contributed by atoms with Crippen molar-refractivity contribution >= 4 is 0 Å². The molecule has 0 amide bonds. The predicted molar refractivity (Wildman–Crippen MR) is 77.8 cm³/mol. The topological polar surface area (TPSA) is 40.5 Å². The molecule has 2 N–H and O–H groups in total. The van der Waals surface area contributed by atoms with Gasteiger partial charge in [0.2, 0.25) is 0 Å². The van der Waals surface area contributed by atoms with E-state index in [0.29, 0.717) is 24.0 Å². The van der Waals surface area contributed by atoms with Crippen LogP contribution in [0.25, 0.3) is 0 Å². The summed E-state index contributed by atoms with van der Waals surface area (Å²) in [6.45, 7) is 2.24. The van der Waals surface area contributed by atoms with Crippen LogP contribution in [0.1, 0.15) is 56.3 Å². The monoisotopic (exact) mass is 298 g/mol. The van der Waals surface area contributed by atoms with Gasteiger partial charge < -0.3 is 10.2 Å². The fourth-order valence-electron chi connectivity index (χ4n) is 3.31. The van der Waals surface area contributed by atoms with Crippen molar-refractivity contribution < 1.29 is 19.0 Å². The molecule has 0 fully saturated rings. The maximum absolute atomic E-state index is 13.3. The lowest BCUT2D eigenvalue weighted by Crippen LogP contribution is -2.16. The number of hydrogen-bond acceptors (Lipinski definition) is 2. The SMILES string of the molecule is CCCCC[C@H](CO)C[C@@H]1Cc2cc(F)c(F)cc2[C@@H]1O. The van der Waals surface area contributed by atoms with Crippen molar-refractivity contribution in [3.63, 3.8) is 0 Å². The van der Waals surface area contributed by atoms with Gasteiger partial charge in [-0.2, -0.15) is 0 Å². The first kappa shape index (κ1) is 16.4. The fraction of sp³-hybridized carbons (Fsp3) is 0.647. The summed E-state index contributed by atoms with van der Waals surface area (Å²) in [6, 6.07) is 2.30. The quantitative estimate of drug-likeness (QED) is 0.753. The normalized spacial score (nSPS) is 22.3. The number of hydrogen-bond donors (Lipinski definition) is 2. The Morgan fingerprint density at radius 1 is 1.24 bits per heavy atom. The Morgan fingerprint density at radius 2 is 1.95 bits per heavy atom. The van der Waals surface area contributed by atoms with Crippen LogP contribution in [0, 0.1) is 23.5 Å². The van der Waals surface area contributed by atoms with E-state index in [1.807, 2.05) is 0 Å². The number of unbranched alkanes of at least 4 members (excludes halogenated alkanes) is 2. The molecule has 0 saturated carbocycles. The van der Waals surface area contributed by atoms with Gasteiger partial charge in [0.1, 0.15) is 0 Å². The highest BCUT2D eigenvalue weighted by molar-refractivity contribution is 5.35. The molecule has 1 aromatic rings. The highest BCUT2D eigenvalue weighted by atomic mass is 19.2. The molecule has 2 rings (SSSR count). The standard InChI is InChI=1S/C17H24F2O2/c1-2-3-4-5-11(10-20)6-13-7-12-8-15(18)16(19)9-14(12)17(13)21/h8-9,11,13,17,20-21H,2-7,10H2,1H3/t11-,13+,17+/m0/s1. The molecule has 0 spiro atoms. The fourth-order valence-corrected chi connectivity index (χ4v) is 3.31. The van der Waals surface area contributed by atoms with Crippen molar-refractivity contribution in [2.75, 3.05) is 6.61 Å². The Balaban J connectivity index is 2.00. The zero-order valence-electron chi connectivity index (χ0n) is 12.5. The average Bonchev–Trinajstić information content (AvgIpc) is 2.75. The first-order valence-corrected chi connectivity index (χ1v) is 7.83. The second-order valence-corrected chi connectivity index (χ2v) is 6.15. The maximum Gasteiger partial charge on any atom is 0.159 e. The molecule has 0 aromatic heterocycles. The summed E-state index contributed by atoms with van der Waals surface area (Å²) in [6.07, 6.45) is 4.77. The van der Waals surface area contributed by atoms with Gasteiger partial charge in [-0.3, -0.25) is 0 Å². The molecule has 3 atom stereocenters. The number of halogens is 2. The van der Waals surface area contributed by atoms with Crippen molar-refractivity contribution in [1.82, 2.24) is 0 Å². The van der Waals surface area contributed by atoms with E-state index < -0.39 is 17.7 Å². The van der Waals surface area contributed by atoms with Gasteiger partial charge in [0, 0.05) is 6.61 Å². The highest BCUT2D eigenvalue weighted by Crippen LogP contribution is 2.40. The first-order chi connectivity index (χ1) is 10.1. The second-order valence-electron chi connectivity index (χ2n) is 6.15. The van der Waals surface area contributed by atoms with Gasteiger partial charge >= 0.3 is 0 Å². The summed E-state index contributed by atoms with van der Waals surface area (Å²) in [4.78, 5) is 0. The van der Waals surface area contributed by atoms with Crippen LogP contribution in [-0.2, 0) is 6.42 Å². The number of fused-ring (bicyclic) bond motifs is 1. The van der Waals surface area contributed by atoms with Crippen LogP contribution in [0.3, 0.4) is 0 Å². The van der Waals surface area contributed by atoms with Gasteiger partial charge in [-0.15, -0.1) is 0 Å². The zero-order chi connectivity index (χ0) is 15.4. The molecule has 1 aromatic carbocycles. The van der Waals surface area contributed by atoms with E-state index in [0.717, 1.165) is 31.7 Å². The summed E-state index contributed by atoms with van der Waals surface area (Å²) in [7, 11) is 0. The third-order valence-electron chi connectivity index (χ3n) is 4.54. The Morgan fingerprint density at radius 3 is 2.62 bits per heavy atom. The average molecular weight is 298 g/mol. The van der Waals surface area contributed by atoms with E-state index in [1.54, 1.807) is 0 Å². The number of rotatable bonds is 7.